The molecule has 0 saturated carbocycles. The third-order valence-corrected chi connectivity index (χ3v) is 3.44. The van der Waals surface area contributed by atoms with E-state index >= 15 is 0 Å². The number of hydrogen-bond acceptors (Lipinski definition) is 5. The number of aliphatic hydroxyl groups excluding tert-OH is 1. The van der Waals surface area contributed by atoms with Crippen molar-refractivity contribution in [1.82, 2.24) is 15.0 Å². The van der Waals surface area contributed by atoms with Gasteiger partial charge in [0.05, 0.1) is 11.8 Å². The summed E-state index contributed by atoms with van der Waals surface area (Å²) in [6.07, 6.45) is 5.92. The van der Waals surface area contributed by atoms with Crippen molar-refractivity contribution >= 4 is 17.3 Å². The minimum absolute atomic E-state index is 0.249. The topological polar surface area (TPSA) is 68.3 Å². The van der Waals surface area contributed by atoms with Gasteiger partial charge in [-0.2, -0.15) is 0 Å². The van der Waals surface area contributed by atoms with Gasteiger partial charge in [-0.1, -0.05) is 0 Å². The molecule has 1 atom stereocenters. The van der Waals surface area contributed by atoms with Crippen LogP contribution in [0.4, 0.5) is 17.3 Å². The molecule has 1 unspecified atom stereocenters. The molecule has 0 spiro atoms. The molecular weight excluding hydrogens is 242 g/mol. The van der Waals surface area contributed by atoms with Gasteiger partial charge in [-0.25, -0.2) is 9.97 Å². The lowest BCUT2D eigenvalue weighted by atomic mass is 10.3. The second kappa shape index (κ2) is 4.89. The largest absolute Gasteiger partial charge is 0.391 e. The van der Waals surface area contributed by atoms with Crippen molar-refractivity contribution in [1.29, 1.82) is 0 Å². The molecule has 6 nitrogen and oxygen atoms in total. The van der Waals surface area contributed by atoms with Gasteiger partial charge >= 0.3 is 0 Å². The van der Waals surface area contributed by atoms with Crippen molar-refractivity contribution in [2.24, 2.45) is 0 Å². The number of H-pyrrole nitrogens is 1. The van der Waals surface area contributed by atoms with Crippen LogP contribution in [0, 0.1) is 0 Å². The van der Waals surface area contributed by atoms with Crippen LogP contribution in [0.1, 0.15) is 6.42 Å². The number of nitrogens with one attached hydrogen (secondary N) is 1. The molecule has 0 aliphatic carbocycles. The molecule has 6 heteroatoms. The van der Waals surface area contributed by atoms with Crippen LogP contribution in [0.5, 0.6) is 0 Å². The average molecular weight is 259 g/mol. The fourth-order valence-electron chi connectivity index (χ4n) is 2.30. The number of β-amino-alcohol motifs (C(OH)–C–C–N with tert-alkyl or cyclic N) is 1. The van der Waals surface area contributed by atoms with Gasteiger partial charge in [0.2, 0.25) is 0 Å². The summed E-state index contributed by atoms with van der Waals surface area (Å²) in [6.45, 7) is 1.48. The lowest BCUT2D eigenvalue weighted by Gasteiger charge is -2.20. The van der Waals surface area contributed by atoms with Crippen molar-refractivity contribution in [3.05, 3.63) is 30.9 Å². The fraction of sp³-hybridized carbons (Fsp3) is 0.385. The minimum Gasteiger partial charge on any atom is -0.391 e. The van der Waals surface area contributed by atoms with E-state index in [2.05, 4.69) is 19.9 Å². The normalized spacial score (nSPS) is 18.8. The zero-order chi connectivity index (χ0) is 13.2. The van der Waals surface area contributed by atoms with Crippen LogP contribution in [0.15, 0.2) is 30.9 Å². The first-order valence-electron chi connectivity index (χ1n) is 6.35. The highest BCUT2D eigenvalue weighted by Crippen LogP contribution is 2.25. The zero-order valence-electron chi connectivity index (χ0n) is 10.8. The first kappa shape index (κ1) is 12.0. The Morgan fingerprint density at radius 2 is 2.37 bits per heavy atom. The van der Waals surface area contributed by atoms with Crippen LogP contribution < -0.4 is 9.80 Å². The summed E-state index contributed by atoms with van der Waals surface area (Å²) in [4.78, 5) is 15.7. The molecule has 100 valence electrons. The quantitative estimate of drug-likeness (QED) is 0.865. The van der Waals surface area contributed by atoms with E-state index in [1.54, 1.807) is 6.33 Å². The summed E-state index contributed by atoms with van der Waals surface area (Å²) in [5.74, 6) is 1.70. The van der Waals surface area contributed by atoms with Crippen LogP contribution in [0.3, 0.4) is 0 Å². The monoisotopic (exact) mass is 259 g/mol. The van der Waals surface area contributed by atoms with Gasteiger partial charge in [0, 0.05) is 38.6 Å². The summed E-state index contributed by atoms with van der Waals surface area (Å²) in [5.41, 5.74) is 1.05. The van der Waals surface area contributed by atoms with Crippen molar-refractivity contribution in [3.8, 4) is 0 Å². The van der Waals surface area contributed by atoms with Gasteiger partial charge in [0.1, 0.15) is 18.0 Å². The highest BCUT2D eigenvalue weighted by atomic mass is 16.3. The van der Waals surface area contributed by atoms with Crippen molar-refractivity contribution < 1.29 is 5.11 Å². The minimum atomic E-state index is -0.249. The predicted molar refractivity (Wildman–Crippen MR) is 73.7 cm³/mol. The number of hydrogen-bond donors (Lipinski definition) is 2. The first-order valence-corrected chi connectivity index (χ1v) is 6.35. The predicted octanol–water partition coefficient (Wildman–Crippen LogP) is 1.14. The molecule has 2 N–H and O–H groups in total. The van der Waals surface area contributed by atoms with Gasteiger partial charge in [-0.05, 0) is 12.5 Å². The van der Waals surface area contributed by atoms with E-state index in [0.717, 1.165) is 30.3 Å². The lowest BCUT2D eigenvalue weighted by molar-refractivity contribution is 0.198. The lowest BCUT2D eigenvalue weighted by Crippen LogP contribution is -2.23. The number of aliphatic hydroxyl groups is 1. The number of anilines is 3. The zero-order valence-corrected chi connectivity index (χ0v) is 10.8. The fourth-order valence-corrected chi connectivity index (χ4v) is 2.30. The molecule has 3 heterocycles. The van der Waals surface area contributed by atoms with E-state index in [0.29, 0.717) is 6.54 Å². The van der Waals surface area contributed by atoms with E-state index in [1.165, 1.54) is 0 Å². The number of nitrogens with zero attached hydrogens (tertiary/aromatic N) is 4. The van der Waals surface area contributed by atoms with E-state index in [4.69, 9.17) is 0 Å². The highest BCUT2D eigenvalue weighted by Gasteiger charge is 2.22. The maximum atomic E-state index is 9.59. The summed E-state index contributed by atoms with van der Waals surface area (Å²) in [7, 11) is 1.97. The maximum absolute atomic E-state index is 9.59. The summed E-state index contributed by atoms with van der Waals surface area (Å²) < 4.78 is 0. The van der Waals surface area contributed by atoms with Crippen LogP contribution in [-0.2, 0) is 0 Å². The van der Waals surface area contributed by atoms with Gasteiger partial charge < -0.3 is 19.9 Å². The smallest absolute Gasteiger partial charge is 0.138 e. The van der Waals surface area contributed by atoms with Crippen molar-refractivity contribution in [2.45, 2.75) is 12.5 Å². The molecular formula is C13H17N5O. The van der Waals surface area contributed by atoms with Gasteiger partial charge in [-0.3, -0.25) is 0 Å². The number of aromatic nitrogens is 3. The Morgan fingerprint density at radius 3 is 3.05 bits per heavy atom. The van der Waals surface area contributed by atoms with Crippen LogP contribution in [-0.4, -0.2) is 46.3 Å². The van der Waals surface area contributed by atoms with Crippen LogP contribution in [0.2, 0.25) is 0 Å². The van der Waals surface area contributed by atoms with E-state index < -0.39 is 0 Å². The molecule has 1 aliphatic rings. The number of aromatic amines is 1. The molecule has 19 heavy (non-hydrogen) atoms. The SMILES string of the molecule is CN(c1cc[nH]c1)c1cc(N2CCC(O)C2)ncn1. The van der Waals surface area contributed by atoms with Crippen LogP contribution >= 0.6 is 0 Å². The molecule has 0 radical (unpaired) electrons. The number of rotatable bonds is 3. The Morgan fingerprint density at radius 1 is 1.47 bits per heavy atom. The van der Waals surface area contributed by atoms with Crippen molar-refractivity contribution in [2.75, 3.05) is 29.9 Å². The molecule has 0 amide bonds. The molecule has 3 rings (SSSR count). The average Bonchev–Trinajstić information content (AvgIpc) is 3.09. The van der Waals surface area contributed by atoms with Gasteiger partial charge in [0.15, 0.2) is 0 Å². The molecule has 2 aromatic heterocycles. The van der Waals surface area contributed by atoms with E-state index in [1.807, 2.05) is 36.5 Å². The van der Waals surface area contributed by atoms with Gasteiger partial charge in [0.25, 0.3) is 0 Å². The molecule has 0 bridgehead atoms. The molecule has 1 aliphatic heterocycles. The standard InChI is InChI=1S/C13H17N5O/c1-17(10-2-4-14-7-10)12-6-13(16-9-15-12)18-5-3-11(19)8-18/h2,4,6-7,9,11,14,19H,3,5,8H2,1H3. The third kappa shape index (κ3) is 2.39. The van der Waals surface area contributed by atoms with E-state index in [9.17, 15) is 5.11 Å². The first-order chi connectivity index (χ1) is 9.24. The van der Waals surface area contributed by atoms with E-state index in [-0.39, 0.29) is 6.10 Å². The Kier molecular flexibility index (Phi) is 3.08. The van der Waals surface area contributed by atoms with Crippen LogP contribution in [0.25, 0.3) is 0 Å². The Labute approximate surface area is 111 Å². The third-order valence-electron chi connectivity index (χ3n) is 3.44. The summed E-state index contributed by atoms with van der Waals surface area (Å²) in [5, 5.41) is 9.59. The Balaban J connectivity index is 1.84. The maximum Gasteiger partial charge on any atom is 0.138 e. The molecule has 2 aromatic rings. The molecule has 1 saturated heterocycles. The second-order valence-electron chi connectivity index (χ2n) is 4.75. The Bertz CT molecular complexity index is 542. The highest BCUT2D eigenvalue weighted by molar-refractivity contribution is 5.61. The summed E-state index contributed by atoms with van der Waals surface area (Å²) >= 11 is 0. The summed E-state index contributed by atoms with van der Waals surface area (Å²) in [6, 6.07) is 3.94. The molecule has 0 aromatic carbocycles. The van der Waals surface area contributed by atoms with Crippen molar-refractivity contribution in [3.63, 3.8) is 0 Å². The Hall–Kier alpha value is -2.08. The van der Waals surface area contributed by atoms with Gasteiger partial charge in [-0.15, -0.1) is 0 Å². The molecule has 1 fully saturated rings. The second-order valence-corrected chi connectivity index (χ2v) is 4.75.